The molecule has 0 aliphatic carbocycles. The lowest BCUT2D eigenvalue weighted by Crippen LogP contribution is -1.95. The topological polar surface area (TPSA) is 69.2 Å². The second-order valence-corrected chi connectivity index (χ2v) is 6.29. The highest BCUT2D eigenvalue weighted by Gasteiger charge is 2.15. The van der Waals surface area contributed by atoms with Crippen LogP contribution in [0.15, 0.2) is 45.8 Å². The number of rotatable bonds is 4. The van der Waals surface area contributed by atoms with Gasteiger partial charge in [-0.05, 0) is 18.2 Å². The molecule has 7 heteroatoms. The van der Waals surface area contributed by atoms with Crippen LogP contribution in [0.25, 0.3) is 0 Å². The zero-order valence-electron chi connectivity index (χ0n) is 10.2. The standard InChI is InChI=1S/C13H10BrClN2O2S/c14-9-5-4-8(12(6-9)17(18)19)7-20-13-10(15)2-1-3-11(13)16/h1-6H,7,16H2. The second-order valence-electron chi connectivity index (χ2n) is 3.98. The number of anilines is 1. The molecule has 2 N–H and O–H groups in total. The molecule has 0 aliphatic rings. The molecule has 0 spiro atoms. The molecule has 2 rings (SSSR count). The minimum absolute atomic E-state index is 0.0810. The Balaban J connectivity index is 2.25. The number of halogens is 2. The average Bonchev–Trinajstić information content (AvgIpc) is 2.39. The zero-order valence-corrected chi connectivity index (χ0v) is 13.3. The van der Waals surface area contributed by atoms with Gasteiger partial charge in [-0.2, -0.15) is 0 Å². The van der Waals surface area contributed by atoms with E-state index in [0.29, 0.717) is 26.5 Å². The van der Waals surface area contributed by atoms with Gasteiger partial charge in [-0.15, -0.1) is 11.8 Å². The van der Waals surface area contributed by atoms with Crippen molar-refractivity contribution in [2.45, 2.75) is 10.6 Å². The van der Waals surface area contributed by atoms with Gasteiger partial charge < -0.3 is 5.73 Å². The summed E-state index contributed by atoms with van der Waals surface area (Å²) in [6.45, 7) is 0. The summed E-state index contributed by atoms with van der Waals surface area (Å²) in [5.41, 5.74) is 7.14. The van der Waals surface area contributed by atoms with Crippen molar-refractivity contribution in [3.8, 4) is 0 Å². The first-order valence-corrected chi connectivity index (χ1v) is 7.74. The fourth-order valence-corrected chi connectivity index (χ4v) is 3.34. The summed E-state index contributed by atoms with van der Waals surface area (Å²) >= 11 is 10.7. The third-order valence-electron chi connectivity index (χ3n) is 2.61. The smallest absolute Gasteiger partial charge is 0.274 e. The molecule has 0 unspecified atom stereocenters. The summed E-state index contributed by atoms with van der Waals surface area (Å²) in [6, 6.07) is 10.3. The third-order valence-corrected chi connectivity index (χ3v) is 4.73. The number of nitro benzene ring substituents is 1. The third kappa shape index (κ3) is 3.45. The Hall–Kier alpha value is -1.24. The van der Waals surface area contributed by atoms with E-state index in [1.807, 2.05) is 0 Å². The first kappa shape index (κ1) is 15.2. The molecule has 4 nitrogen and oxygen atoms in total. The zero-order chi connectivity index (χ0) is 14.7. The highest BCUT2D eigenvalue weighted by Crippen LogP contribution is 2.36. The Morgan fingerprint density at radius 3 is 2.75 bits per heavy atom. The van der Waals surface area contributed by atoms with Gasteiger partial charge in [0.05, 0.1) is 9.95 Å². The van der Waals surface area contributed by atoms with Crippen molar-refractivity contribution in [1.29, 1.82) is 0 Å². The van der Waals surface area contributed by atoms with E-state index in [9.17, 15) is 10.1 Å². The molecule has 2 aromatic rings. The summed E-state index contributed by atoms with van der Waals surface area (Å²) in [5, 5.41) is 11.6. The van der Waals surface area contributed by atoms with Crippen molar-refractivity contribution >= 4 is 50.7 Å². The highest BCUT2D eigenvalue weighted by atomic mass is 79.9. The van der Waals surface area contributed by atoms with Crippen molar-refractivity contribution in [2.75, 3.05) is 5.73 Å². The Morgan fingerprint density at radius 2 is 2.10 bits per heavy atom. The van der Waals surface area contributed by atoms with Crippen molar-refractivity contribution in [3.63, 3.8) is 0 Å². The highest BCUT2D eigenvalue weighted by molar-refractivity contribution is 9.10. The number of nitro groups is 1. The minimum Gasteiger partial charge on any atom is -0.398 e. The molecule has 0 saturated heterocycles. The summed E-state index contributed by atoms with van der Waals surface area (Å²) in [6.07, 6.45) is 0. The molecule has 0 radical (unpaired) electrons. The van der Waals surface area contributed by atoms with Gasteiger partial charge in [0.15, 0.2) is 0 Å². The van der Waals surface area contributed by atoms with E-state index >= 15 is 0 Å². The summed E-state index contributed by atoms with van der Waals surface area (Å²) < 4.78 is 0.676. The van der Waals surface area contributed by atoms with Crippen LogP contribution >= 0.6 is 39.3 Å². The lowest BCUT2D eigenvalue weighted by Gasteiger charge is -2.08. The molecule has 104 valence electrons. The maximum absolute atomic E-state index is 11.0. The second kappa shape index (κ2) is 6.47. The van der Waals surface area contributed by atoms with Gasteiger partial charge in [-0.1, -0.05) is 39.7 Å². The number of benzene rings is 2. The van der Waals surface area contributed by atoms with Crippen molar-refractivity contribution < 1.29 is 4.92 Å². The van der Waals surface area contributed by atoms with E-state index in [1.54, 1.807) is 30.3 Å². The predicted molar refractivity (Wildman–Crippen MR) is 86.2 cm³/mol. The van der Waals surface area contributed by atoms with E-state index in [2.05, 4.69) is 15.9 Å². The quantitative estimate of drug-likeness (QED) is 0.359. The predicted octanol–water partition coefficient (Wildman–Crippen LogP) is 4.89. The average molecular weight is 374 g/mol. The van der Waals surface area contributed by atoms with Crippen LogP contribution in [0.2, 0.25) is 5.02 Å². The largest absolute Gasteiger partial charge is 0.398 e. The van der Waals surface area contributed by atoms with Gasteiger partial charge in [-0.3, -0.25) is 10.1 Å². The van der Waals surface area contributed by atoms with Crippen LogP contribution in [-0.4, -0.2) is 4.92 Å². The lowest BCUT2D eigenvalue weighted by molar-refractivity contribution is -0.385. The van der Waals surface area contributed by atoms with Gasteiger partial charge in [0.25, 0.3) is 5.69 Å². The molecule has 0 aromatic heterocycles. The summed E-state index contributed by atoms with van der Waals surface area (Å²) in [4.78, 5) is 11.4. The molecule has 2 aromatic carbocycles. The van der Waals surface area contributed by atoms with E-state index in [-0.39, 0.29) is 5.69 Å². The van der Waals surface area contributed by atoms with E-state index in [1.165, 1.54) is 17.8 Å². The molecule has 0 bridgehead atoms. The van der Waals surface area contributed by atoms with Crippen LogP contribution in [-0.2, 0) is 5.75 Å². The normalized spacial score (nSPS) is 10.5. The lowest BCUT2D eigenvalue weighted by atomic mass is 10.2. The fourth-order valence-electron chi connectivity index (χ4n) is 1.66. The number of nitrogens with two attached hydrogens (primary N) is 1. The number of hydrogen-bond acceptors (Lipinski definition) is 4. The van der Waals surface area contributed by atoms with Crippen LogP contribution < -0.4 is 5.73 Å². The van der Waals surface area contributed by atoms with Gasteiger partial charge >= 0.3 is 0 Å². The van der Waals surface area contributed by atoms with Crippen LogP contribution in [0.4, 0.5) is 11.4 Å². The molecule has 0 saturated carbocycles. The first-order valence-electron chi connectivity index (χ1n) is 5.58. The Bertz CT molecular complexity index is 647. The SMILES string of the molecule is Nc1cccc(Cl)c1SCc1ccc(Br)cc1[N+](=O)[O-]. The van der Waals surface area contributed by atoms with Crippen molar-refractivity contribution in [2.24, 2.45) is 0 Å². The fraction of sp³-hybridized carbons (Fsp3) is 0.0769. The molecule has 0 amide bonds. The minimum atomic E-state index is -0.392. The number of hydrogen-bond donors (Lipinski definition) is 1. The Morgan fingerprint density at radius 1 is 1.35 bits per heavy atom. The molecule has 20 heavy (non-hydrogen) atoms. The maximum Gasteiger partial charge on any atom is 0.274 e. The van der Waals surface area contributed by atoms with E-state index < -0.39 is 4.92 Å². The number of nitrogens with zero attached hydrogens (tertiary/aromatic N) is 1. The van der Waals surface area contributed by atoms with Crippen LogP contribution in [0.5, 0.6) is 0 Å². The molecule has 0 fully saturated rings. The van der Waals surface area contributed by atoms with E-state index in [0.717, 1.165) is 4.90 Å². The van der Waals surface area contributed by atoms with Gasteiger partial charge in [0, 0.05) is 32.4 Å². The monoisotopic (exact) mass is 372 g/mol. The summed E-state index contributed by atoms with van der Waals surface area (Å²) in [5.74, 6) is 0.428. The number of thioether (sulfide) groups is 1. The molecule has 0 heterocycles. The number of nitrogen functional groups attached to an aromatic ring is 1. The Labute approximate surface area is 133 Å². The van der Waals surface area contributed by atoms with Crippen molar-refractivity contribution in [3.05, 3.63) is 61.6 Å². The molecule has 0 aliphatic heterocycles. The van der Waals surface area contributed by atoms with Crippen LogP contribution in [0.1, 0.15) is 5.56 Å². The van der Waals surface area contributed by atoms with Gasteiger partial charge in [-0.25, -0.2) is 0 Å². The maximum atomic E-state index is 11.0. The van der Waals surface area contributed by atoms with Crippen LogP contribution in [0, 0.1) is 10.1 Å². The molecular formula is C13H10BrClN2O2S. The summed E-state index contributed by atoms with van der Waals surface area (Å²) in [7, 11) is 0. The van der Waals surface area contributed by atoms with Crippen LogP contribution in [0.3, 0.4) is 0 Å². The molecule has 0 atom stereocenters. The van der Waals surface area contributed by atoms with Gasteiger partial charge in [0.2, 0.25) is 0 Å². The van der Waals surface area contributed by atoms with E-state index in [4.69, 9.17) is 17.3 Å². The molecular weight excluding hydrogens is 364 g/mol. The first-order chi connectivity index (χ1) is 9.49. The Kier molecular flexibility index (Phi) is 4.91. The van der Waals surface area contributed by atoms with Gasteiger partial charge in [0.1, 0.15) is 0 Å². The van der Waals surface area contributed by atoms with Crippen molar-refractivity contribution in [1.82, 2.24) is 0 Å².